The second kappa shape index (κ2) is 6.32. The van der Waals surface area contributed by atoms with Crippen molar-refractivity contribution in [3.05, 3.63) is 57.6 Å². The third kappa shape index (κ3) is 3.48. The first kappa shape index (κ1) is 16.6. The van der Waals surface area contributed by atoms with Gasteiger partial charge >= 0.3 is 0 Å². The summed E-state index contributed by atoms with van der Waals surface area (Å²) in [5.74, 6) is 0. The fourth-order valence-corrected chi connectivity index (χ4v) is 4.90. The van der Waals surface area contributed by atoms with E-state index in [1.165, 1.54) is 12.1 Å². The van der Waals surface area contributed by atoms with Gasteiger partial charge in [0.05, 0.1) is 5.02 Å². The summed E-state index contributed by atoms with van der Waals surface area (Å²) in [5, 5.41) is 0.474. The van der Waals surface area contributed by atoms with E-state index in [9.17, 15) is 8.42 Å². The number of nitrogen functional groups attached to an aromatic ring is 1. The van der Waals surface area contributed by atoms with Crippen LogP contribution in [0.15, 0.2) is 41.3 Å². The summed E-state index contributed by atoms with van der Waals surface area (Å²) in [5.41, 5.74) is 8.55. The van der Waals surface area contributed by atoms with Gasteiger partial charge in [0, 0.05) is 16.8 Å². The first-order valence-electron chi connectivity index (χ1n) is 7.22. The third-order valence-electron chi connectivity index (χ3n) is 3.96. The molecule has 3 N–H and O–H groups in total. The van der Waals surface area contributed by atoms with Crippen LogP contribution in [0, 0.1) is 0 Å². The van der Waals surface area contributed by atoms with Gasteiger partial charge in [-0.15, -0.1) is 0 Å². The Labute approximate surface area is 145 Å². The summed E-state index contributed by atoms with van der Waals surface area (Å²) in [6.45, 7) is 0. The minimum Gasteiger partial charge on any atom is -0.399 e. The molecule has 0 aliphatic heterocycles. The lowest BCUT2D eigenvalue weighted by Crippen LogP contribution is -2.31. The van der Waals surface area contributed by atoms with Gasteiger partial charge in [0.2, 0.25) is 10.0 Å². The number of anilines is 1. The van der Waals surface area contributed by atoms with E-state index in [-0.39, 0.29) is 16.0 Å². The fourth-order valence-electron chi connectivity index (χ4n) is 2.89. The lowest BCUT2D eigenvalue weighted by Gasteiger charge is -2.26. The number of rotatable bonds is 3. The fraction of sp³-hybridized carbons (Fsp3) is 0.250. The Kier molecular flexibility index (Phi) is 4.56. The van der Waals surface area contributed by atoms with Gasteiger partial charge < -0.3 is 5.73 Å². The molecule has 4 nitrogen and oxygen atoms in total. The Hall–Kier alpha value is -1.27. The molecule has 0 spiro atoms. The number of halogens is 2. The Morgan fingerprint density at radius 2 is 1.91 bits per heavy atom. The quantitative estimate of drug-likeness (QED) is 0.803. The SMILES string of the molecule is Nc1ccc2c(c1)CCCC2NS(=O)(=O)c1cc(Cl)ccc1Cl. The molecule has 1 atom stereocenters. The van der Waals surface area contributed by atoms with Crippen molar-refractivity contribution < 1.29 is 8.42 Å². The average Bonchev–Trinajstić information content (AvgIpc) is 2.49. The van der Waals surface area contributed by atoms with Crippen LogP contribution in [0.25, 0.3) is 0 Å². The Balaban J connectivity index is 1.95. The maximum atomic E-state index is 12.7. The zero-order valence-corrected chi connectivity index (χ0v) is 14.5. The molecule has 2 aromatic rings. The number of hydrogen-bond acceptors (Lipinski definition) is 3. The van der Waals surface area contributed by atoms with Crippen molar-refractivity contribution in [2.24, 2.45) is 0 Å². The number of benzene rings is 2. The number of sulfonamides is 1. The molecule has 0 radical (unpaired) electrons. The summed E-state index contributed by atoms with van der Waals surface area (Å²) < 4.78 is 28.1. The predicted molar refractivity (Wildman–Crippen MR) is 93.3 cm³/mol. The Morgan fingerprint density at radius 3 is 2.70 bits per heavy atom. The van der Waals surface area contributed by atoms with E-state index in [1.807, 2.05) is 12.1 Å². The lowest BCUT2D eigenvalue weighted by molar-refractivity contribution is 0.507. The predicted octanol–water partition coefficient (Wildman–Crippen LogP) is 3.93. The van der Waals surface area contributed by atoms with E-state index in [0.29, 0.717) is 10.7 Å². The molecule has 1 aliphatic carbocycles. The van der Waals surface area contributed by atoms with Crippen molar-refractivity contribution in [1.82, 2.24) is 4.72 Å². The van der Waals surface area contributed by atoms with Crippen molar-refractivity contribution in [2.75, 3.05) is 5.73 Å². The van der Waals surface area contributed by atoms with Crippen molar-refractivity contribution in [3.8, 4) is 0 Å². The molecule has 23 heavy (non-hydrogen) atoms. The Bertz CT molecular complexity index is 853. The zero-order valence-electron chi connectivity index (χ0n) is 12.2. The largest absolute Gasteiger partial charge is 0.399 e. The van der Waals surface area contributed by atoms with Crippen molar-refractivity contribution >= 4 is 38.9 Å². The van der Waals surface area contributed by atoms with Crippen LogP contribution in [0.2, 0.25) is 10.0 Å². The molecule has 122 valence electrons. The van der Waals surface area contributed by atoms with Crippen LogP contribution in [0.4, 0.5) is 5.69 Å². The molecule has 0 heterocycles. The molecule has 0 saturated heterocycles. The summed E-state index contributed by atoms with van der Waals surface area (Å²) in [4.78, 5) is -0.00534. The van der Waals surface area contributed by atoms with Gasteiger partial charge in [0.1, 0.15) is 4.90 Å². The maximum Gasteiger partial charge on any atom is 0.242 e. The molecule has 0 bridgehead atoms. The first-order chi connectivity index (χ1) is 10.9. The number of aryl methyl sites for hydroxylation is 1. The van der Waals surface area contributed by atoms with E-state index in [0.717, 1.165) is 30.4 Å². The molecular weight excluding hydrogens is 355 g/mol. The highest BCUT2D eigenvalue weighted by molar-refractivity contribution is 7.89. The van der Waals surface area contributed by atoms with Gasteiger partial charge in [0.25, 0.3) is 0 Å². The van der Waals surface area contributed by atoms with E-state index in [2.05, 4.69) is 4.72 Å². The van der Waals surface area contributed by atoms with Gasteiger partial charge in [0.15, 0.2) is 0 Å². The van der Waals surface area contributed by atoms with Crippen LogP contribution in [0.5, 0.6) is 0 Å². The zero-order chi connectivity index (χ0) is 16.6. The highest BCUT2D eigenvalue weighted by atomic mass is 35.5. The second-order valence-electron chi connectivity index (χ2n) is 5.60. The van der Waals surface area contributed by atoms with Crippen LogP contribution in [0.1, 0.15) is 30.0 Å². The first-order valence-corrected chi connectivity index (χ1v) is 9.46. The van der Waals surface area contributed by atoms with E-state index >= 15 is 0 Å². The Morgan fingerprint density at radius 1 is 1.13 bits per heavy atom. The van der Waals surface area contributed by atoms with Gasteiger partial charge in [-0.2, -0.15) is 0 Å². The number of nitrogens with one attached hydrogen (secondary N) is 1. The molecule has 0 aromatic heterocycles. The minimum absolute atomic E-state index is 0.00534. The molecule has 0 saturated carbocycles. The molecule has 0 fully saturated rings. The number of hydrogen-bond donors (Lipinski definition) is 2. The standard InChI is InChI=1S/C16H16Cl2N2O2S/c17-11-4-7-14(18)16(9-11)23(21,22)20-15-3-1-2-10-8-12(19)5-6-13(10)15/h4-9,15,20H,1-3,19H2. The lowest BCUT2D eigenvalue weighted by atomic mass is 9.88. The van der Waals surface area contributed by atoms with Crippen LogP contribution in [-0.4, -0.2) is 8.42 Å². The molecule has 1 unspecified atom stereocenters. The van der Waals surface area contributed by atoms with Gasteiger partial charge in [-0.3, -0.25) is 0 Å². The van der Waals surface area contributed by atoms with E-state index < -0.39 is 10.0 Å². The average molecular weight is 371 g/mol. The van der Waals surface area contributed by atoms with Crippen molar-refractivity contribution in [2.45, 2.75) is 30.2 Å². The highest BCUT2D eigenvalue weighted by Crippen LogP contribution is 2.33. The van der Waals surface area contributed by atoms with Crippen LogP contribution >= 0.6 is 23.2 Å². The summed E-state index contributed by atoms with van der Waals surface area (Å²) >= 11 is 11.9. The van der Waals surface area contributed by atoms with Crippen LogP contribution < -0.4 is 10.5 Å². The van der Waals surface area contributed by atoms with Crippen molar-refractivity contribution in [3.63, 3.8) is 0 Å². The van der Waals surface area contributed by atoms with Crippen molar-refractivity contribution in [1.29, 1.82) is 0 Å². The maximum absolute atomic E-state index is 12.7. The van der Waals surface area contributed by atoms with Crippen LogP contribution in [-0.2, 0) is 16.4 Å². The molecule has 3 rings (SSSR count). The smallest absolute Gasteiger partial charge is 0.242 e. The number of nitrogens with two attached hydrogens (primary N) is 1. The molecule has 0 amide bonds. The van der Waals surface area contributed by atoms with E-state index in [4.69, 9.17) is 28.9 Å². The minimum atomic E-state index is -3.76. The highest BCUT2D eigenvalue weighted by Gasteiger charge is 2.27. The molecule has 1 aliphatic rings. The van der Waals surface area contributed by atoms with E-state index in [1.54, 1.807) is 12.1 Å². The number of fused-ring (bicyclic) bond motifs is 1. The van der Waals surface area contributed by atoms with Gasteiger partial charge in [-0.05, 0) is 60.7 Å². The second-order valence-corrected chi connectivity index (χ2v) is 8.13. The summed E-state index contributed by atoms with van der Waals surface area (Å²) in [7, 11) is -3.76. The summed E-state index contributed by atoms with van der Waals surface area (Å²) in [6.07, 6.45) is 2.53. The van der Waals surface area contributed by atoms with Gasteiger partial charge in [-0.1, -0.05) is 29.3 Å². The summed E-state index contributed by atoms with van der Waals surface area (Å²) in [6, 6.07) is 9.69. The molecular formula is C16H16Cl2N2O2S. The normalized spacial score (nSPS) is 17.7. The topological polar surface area (TPSA) is 72.2 Å². The third-order valence-corrected chi connectivity index (χ3v) is 6.15. The van der Waals surface area contributed by atoms with Crippen LogP contribution in [0.3, 0.4) is 0 Å². The monoisotopic (exact) mass is 370 g/mol. The molecule has 2 aromatic carbocycles. The molecule has 7 heteroatoms. The van der Waals surface area contributed by atoms with Gasteiger partial charge in [-0.25, -0.2) is 13.1 Å².